The average molecular weight is 503 g/mol. The normalized spacial score (nSPS) is 25.4. The molecule has 3 aliphatic carbocycles. The second-order valence-electron chi connectivity index (χ2n) is 10.1. The van der Waals surface area contributed by atoms with Crippen LogP contribution in [-0.2, 0) is 15.0 Å². The molecular formula is C32H23ClN2O2. The minimum absolute atomic E-state index is 0.203. The number of carbonyl (C=O) groups is 2. The highest BCUT2D eigenvalue weighted by molar-refractivity contribution is 6.36. The van der Waals surface area contributed by atoms with Gasteiger partial charge in [0.15, 0.2) is 0 Å². The highest BCUT2D eigenvalue weighted by Gasteiger charge is 2.68. The lowest BCUT2D eigenvalue weighted by Crippen LogP contribution is -2.54. The molecule has 2 bridgehead atoms. The smallest absolute Gasteiger partial charge is 0.239 e. The molecule has 180 valence electrons. The van der Waals surface area contributed by atoms with Crippen LogP contribution in [0.2, 0.25) is 5.02 Å². The first-order valence-electron chi connectivity index (χ1n) is 12.5. The number of hydrogen-bond acceptors (Lipinski definition) is 3. The number of aryl methyl sites for hydroxylation is 1. The van der Waals surface area contributed by atoms with E-state index in [1.165, 1.54) is 4.90 Å². The van der Waals surface area contributed by atoms with Crippen molar-refractivity contribution in [3.05, 3.63) is 130 Å². The van der Waals surface area contributed by atoms with Crippen LogP contribution in [0.3, 0.4) is 0 Å². The Bertz CT molecular complexity index is 1590. The molecule has 1 heterocycles. The van der Waals surface area contributed by atoms with Crippen LogP contribution in [0.5, 0.6) is 0 Å². The molecule has 8 rings (SSSR count). The van der Waals surface area contributed by atoms with Crippen molar-refractivity contribution in [1.29, 1.82) is 0 Å². The molecule has 0 spiro atoms. The zero-order chi connectivity index (χ0) is 25.3. The van der Waals surface area contributed by atoms with E-state index in [1.54, 1.807) is 24.3 Å². The van der Waals surface area contributed by atoms with E-state index in [2.05, 4.69) is 24.3 Å². The SMILES string of the molecule is Cc1cccc(N=CC23c4ccccc4C(c4ccccc42)[C@@H]2C(=O)N(c4ccccc4Cl)C(=O)[C@@H]23)c1. The summed E-state index contributed by atoms with van der Waals surface area (Å²) in [5, 5.41) is 0.382. The Hall–Kier alpha value is -4.02. The summed E-state index contributed by atoms with van der Waals surface area (Å²) in [6.07, 6.45) is 1.92. The van der Waals surface area contributed by atoms with Crippen molar-refractivity contribution in [3.8, 4) is 0 Å². The maximum atomic E-state index is 14.4. The van der Waals surface area contributed by atoms with Gasteiger partial charge in [-0.05, 0) is 59.0 Å². The predicted octanol–water partition coefficient (Wildman–Crippen LogP) is 6.60. The van der Waals surface area contributed by atoms with Crippen LogP contribution in [0, 0.1) is 18.8 Å². The number of aliphatic imine (C=N–C) groups is 1. The Labute approximate surface area is 220 Å². The zero-order valence-corrected chi connectivity index (χ0v) is 20.9. The van der Waals surface area contributed by atoms with E-state index < -0.39 is 17.3 Å². The van der Waals surface area contributed by atoms with Gasteiger partial charge >= 0.3 is 0 Å². The first kappa shape index (κ1) is 22.2. The van der Waals surface area contributed by atoms with Gasteiger partial charge in [-0.3, -0.25) is 14.6 Å². The lowest BCUT2D eigenvalue weighted by atomic mass is 9.47. The number of benzene rings is 4. The van der Waals surface area contributed by atoms with Crippen molar-refractivity contribution in [2.75, 3.05) is 4.90 Å². The van der Waals surface area contributed by atoms with Crippen molar-refractivity contribution in [1.82, 2.24) is 0 Å². The summed E-state index contributed by atoms with van der Waals surface area (Å²) in [5.41, 5.74) is 5.71. The summed E-state index contributed by atoms with van der Waals surface area (Å²) in [4.78, 5) is 34.8. The van der Waals surface area contributed by atoms with Crippen LogP contribution in [0.4, 0.5) is 11.4 Å². The highest BCUT2D eigenvalue weighted by Crippen LogP contribution is 2.64. The number of para-hydroxylation sites is 1. The average Bonchev–Trinajstić information content (AvgIpc) is 3.19. The fraction of sp³-hybridized carbons (Fsp3) is 0.156. The molecule has 5 heteroatoms. The summed E-state index contributed by atoms with van der Waals surface area (Å²) in [6.45, 7) is 2.03. The molecule has 0 radical (unpaired) electrons. The van der Waals surface area contributed by atoms with E-state index in [0.717, 1.165) is 33.5 Å². The fourth-order valence-corrected chi connectivity index (χ4v) is 7.03. The van der Waals surface area contributed by atoms with Crippen molar-refractivity contribution in [2.45, 2.75) is 18.3 Å². The summed E-state index contributed by atoms with van der Waals surface area (Å²) < 4.78 is 0. The topological polar surface area (TPSA) is 49.7 Å². The quantitative estimate of drug-likeness (QED) is 0.234. The molecule has 1 fully saturated rings. The number of imide groups is 1. The van der Waals surface area contributed by atoms with Gasteiger partial charge in [-0.15, -0.1) is 0 Å². The third-order valence-corrected chi connectivity index (χ3v) is 8.52. The third kappa shape index (κ3) is 2.93. The van der Waals surface area contributed by atoms with E-state index in [-0.39, 0.29) is 17.7 Å². The van der Waals surface area contributed by atoms with Gasteiger partial charge in [-0.25, -0.2) is 4.90 Å². The first-order chi connectivity index (χ1) is 18.0. The molecule has 0 aromatic heterocycles. The molecule has 0 saturated carbocycles. The largest absolute Gasteiger partial charge is 0.274 e. The zero-order valence-electron chi connectivity index (χ0n) is 20.1. The molecular weight excluding hydrogens is 480 g/mol. The van der Waals surface area contributed by atoms with Gasteiger partial charge in [-0.2, -0.15) is 0 Å². The predicted molar refractivity (Wildman–Crippen MR) is 146 cm³/mol. The number of rotatable bonds is 3. The van der Waals surface area contributed by atoms with Crippen LogP contribution in [0.25, 0.3) is 0 Å². The van der Waals surface area contributed by atoms with Gasteiger partial charge in [0.25, 0.3) is 0 Å². The van der Waals surface area contributed by atoms with Gasteiger partial charge in [0, 0.05) is 12.1 Å². The van der Waals surface area contributed by atoms with E-state index in [9.17, 15) is 9.59 Å². The first-order valence-corrected chi connectivity index (χ1v) is 12.8. The molecule has 4 aromatic carbocycles. The van der Waals surface area contributed by atoms with E-state index in [0.29, 0.717) is 10.7 Å². The lowest BCUT2D eigenvalue weighted by molar-refractivity contribution is -0.122. The Balaban J connectivity index is 1.52. The van der Waals surface area contributed by atoms with Crippen LogP contribution in [0.15, 0.2) is 102 Å². The van der Waals surface area contributed by atoms with E-state index in [4.69, 9.17) is 16.6 Å². The molecule has 2 atom stereocenters. The minimum Gasteiger partial charge on any atom is -0.274 e. The number of hydrogen-bond donors (Lipinski definition) is 0. The van der Waals surface area contributed by atoms with Gasteiger partial charge < -0.3 is 0 Å². The third-order valence-electron chi connectivity index (χ3n) is 8.20. The van der Waals surface area contributed by atoms with Gasteiger partial charge in [-0.1, -0.05) is 84.4 Å². The van der Waals surface area contributed by atoms with Crippen molar-refractivity contribution >= 4 is 41.0 Å². The van der Waals surface area contributed by atoms with Crippen molar-refractivity contribution in [3.63, 3.8) is 0 Å². The Kier molecular flexibility index (Phi) is 4.79. The standard InChI is InChI=1S/C32H23ClN2O2/c1-19-9-8-10-20(17-19)34-18-32-23-13-4-2-11-21(23)27(22-12-3-5-14-24(22)32)28-29(32)31(37)35(30(28)36)26-16-7-6-15-25(26)33/h2-18,27-29H,1H3/t27?,28-,29+,32?/m0/s1. The second kappa shape index (κ2) is 7.99. The molecule has 1 aliphatic heterocycles. The molecule has 4 aliphatic rings. The van der Waals surface area contributed by atoms with Crippen LogP contribution in [-0.4, -0.2) is 18.0 Å². The van der Waals surface area contributed by atoms with Crippen molar-refractivity contribution in [2.24, 2.45) is 16.8 Å². The van der Waals surface area contributed by atoms with Crippen molar-refractivity contribution < 1.29 is 9.59 Å². The second-order valence-corrected chi connectivity index (χ2v) is 10.5. The highest BCUT2D eigenvalue weighted by atomic mass is 35.5. The molecule has 4 nitrogen and oxygen atoms in total. The lowest BCUT2D eigenvalue weighted by Gasteiger charge is -2.52. The number of nitrogens with zero attached hydrogens (tertiary/aromatic N) is 2. The Morgan fingerprint density at radius 2 is 1.46 bits per heavy atom. The van der Waals surface area contributed by atoms with Gasteiger partial charge in [0.05, 0.1) is 33.6 Å². The maximum Gasteiger partial charge on any atom is 0.239 e. The Morgan fingerprint density at radius 3 is 2.14 bits per heavy atom. The van der Waals surface area contributed by atoms with Crippen LogP contribution in [0.1, 0.15) is 33.7 Å². The van der Waals surface area contributed by atoms with E-state index in [1.807, 2.05) is 61.7 Å². The number of amides is 2. The number of carbonyl (C=O) groups excluding carboxylic acids is 2. The van der Waals surface area contributed by atoms with Crippen LogP contribution < -0.4 is 4.90 Å². The number of anilines is 1. The van der Waals surface area contributed by atoms with Crippen LogP contribution >= 0.6 is 11.6 Å². The molecule has 1 saturated heterocycles. The van der Waals surface area contributed by atoms with Gasteiger partial charge in [0.1, 0.15) is 0 Å². The molecule has 2 amide bonds. The van der Waals surface area contributed by atoms with Gasteiger partial charge in [0.2, 0.25) is 11.8 Å². The Morgan fingerprint density at radius 1 is 0.811 bits per heavy atom. The summed E-state index contributed by atoms with van der Waals surface area (Å²) in [7, 11) is 0. The number of halogens is 1. The summed E-state index contributed by atoms with van der Waals surface area (Å²) in [6, 6.07) is 31.5. The summed E-state index contributed by atoms with van der Waals surface area (Å²) >= 11 is 6.52. The molecule has 0 N–H and O–H groups in total. The minimum atomic E-state index is -0.890. The summed E-state index contributed by atoms with van der Waals surface area (Å²) in [5.74, 6) is -1.81. The molecule has 4 aromatic rings. The maximum absolute atomic E-state index is 14.4. The molecule has 0 unspecified atom stereocenters. The monoisotopic (exact) mass is 502 g/mol. The van der Waals surface area contributed by atoms with E-state index >= 15 is 0 Å². The molecule has 37 heavy (non-hydrogen) atoms. The fourth-order valence-electron chi connectivity index (χ4n) is 6.80.